The number of nitrogens with one attached hydrogen (secondary N) is 1. The van der Waals surface area contributed by atoms with E-state index in [1.165, 1.54) is 7.11 Å². The summed E-state index contributed by atoms with van der Waals surface area (Å²) in [5.41, 5.74) is 1.21. The van der Waals surface area contributed by atoms with Gasteiger partial charge in [0, 0.05) is 18.2 Å². The first-order chi connectivity index (χ1) is 8.22. The summed E-state index contributed by atoms with van der Waals surface area (Å²) in [5, 5.41) is 14.7. The molecule has 0 radical (unpaired) electrons. The van der Waals surface area contributed by atoms with Crippen LogP contribution >= 0.6 is 0 Å². The topological polar surface area (TPSA) is 84.0 Å². The molecule has 0 atom stereocenters. The van der Waals surface area contributed by atoms with Crippen LogP contribution in [0.2, 0.25) is 0 Å². The number of aromatic nitrogens is 4. The fraction of sp³-hybridized carbons (Fsp3) is 0.200. The van der Waals surface area contributed by atoms with E-state index in [1.54, 1.807) is 31.3 Å². The SMILES string of the molecule is CON(C)C(=O)c1cccc(-c2nn[nH]n2)c1. The predicted molar refractivity (Wildman–Crippen MR) is 58.7 cm³/mol. The number of amides is 1. The van der Waals surface area contributed by atoms with Crippen molar-refractivity contribution in [3.63, 3.8) is 0 Å². The number of hydrogen-bond donors (Lipinski definition) is 1. The van der Waals surface area contributed by atoms with Crippen LogP contribution in [0.15, 0.2) is 24.3 Å². The van der Waals surface area contributed by atoms with Gasteiger partial charge in [0.05, 0.1) is 7.11 Å². The molecule has 17 heavy (non-hydrogen) atoms. The van der Waals surface area contributed by atoms with Crippen LogP contribution in [-0.4, -0.2) is 45.8 Å². The average molecular weight is 233 g/mol. The Balaban J connectivity index is 2.32. The summed E-state index contributed by atoms with van der Waals surface area (Å²) in [5.74, 6) is 0.206. The Hall–Kier alpha value is -2.28. The summed E-state index contributed by atoms with van der Waals surface area (Å²) < 4.78 is 0. The van der Waals surface area contributed by atoms with Gasteiger partial charge in [-0.3, -0.25) is 9.63 Å². The quantitative estimate of drug-likeness (QED) is 0.780. The zero-order chi connectivity index (χ0) is 12.3. The number of rotatable bonds is 3. The molecule has 1 aromatic heterocycles. The van der Waals surface area contributed by atoms with Crippen molar-refractivity contribution in [1.29, 1.82) is 0 Å². The lowest BCUT2D eigenvalue weighted by molar-refractivity contribution is -0.0756. The van der Waals surface area contributed by atoms with Gasteiger partial charge in [-0.25, -0.2) is 5.06 Å². The molecule has 1 heterocycles. The highest BCUT2D eigenvalue weighted by Gasteiger charge is 2.12. The molecule has 88 valence electrons. The van der Waals surface area contributed by atoms with Crippen LogP contribution in [0.3, 0.4) is 0 Å². The van der Waals surface area contributed by atoms with Crippen molar-refractivity contribution in [2.75, 3.05) is 14.2 Å². The molecule has 7 nitrogen and oxygen atoms in total. The van der Waals surface area contributed by atoms with Gasteiger partial charge in [-0.2, -0.15) is 5.21 Å². The molecule has 0 spiro atoms. The van der Waals surface area contributed by atoms with Crippen molar-refractivity contribution >= 4 is 5.91 Å². The van der Waals surface area contributed by atoms with E-state index in [4.69, 9.17) is 4.84 Å². The van der Waals surface area contributed by atoms with Gasteiger partial charge in [-0.05, 0) is 17.3 Å². The minimum absolute atomic E-state index is 0.238. The van der Waals surface area contributed by atoms with Gasteiger partial charge in [0.2, 0.25) is 5.82 Å². The Bertz CT molecular complexity index is 511. The van der Waals surface area contributed by atoms with Gasteiger partial charge in [-0.15, -0.1) is 10.2 Å². The van der Waals surface area contributed by atoms with E-state index in [-0.39, 0.29) is 5.91 Å². The van der Waals surface area contributed by atoms with Crippen molar-refractivity contribution in [1.82, 2.24) is 25.7 Å². The molecular formula is C10H11N5O2. The predicted octanol–water partition coefficient (Wildman–Crippen LogP) is 0.500. The highest BCUT2D eigenvalue weighted by molar-refractivity contribution is 5.94. The summed E-state index contributed by atoms with van der Waals surface area (Å²) in [6.45, 7) is 0. The number of hydroxylamine groups is 2. The summed E-state index contributed by atoms with van der Waals surface area (Å²) >= 11 is 0. The van der Waals surface area contributed by atoms with Crippen LogP contribution in [-0.2, 0) is 4.84 Å². The Labute approximate surface area is 97.3 Å². The molecule has 0 bridgehead atoms. The van der Waals surface area contributed by atoms with E-state index in [1.807, 2.05) is 0 Å². The second kappa shape index (κ2) is 4.71. The molecule has 0 saturated carbocycles. The molecule has 2 aromatic rings. The maximum absolute atomic E-state index is 11.8. The lowest BCUT2D eigenvalue weighted by atomic mass is 10.1. The fourth-order valence-electron chi connectivity index (χ4n) is 1.34. The number of nitrogens with zero attached hydrogens (tertiary/aromatic N) is 4. The molecule has 0 aliphatic carbocycles. The Morgan fingerprint density at radius 3 is 2.94 bits per heavy atom. The van der Waals surface area contributed by atoms with E-state index in [9.17, 15) is 4.79 Å². The number of tetrazole rings is 1. The maximum atomic E-state index is 11.8. The van der Waals surface area contributed by atoms with E-state index in [0.29, 0.717) is 17.0 Å². The first kappa shape index (κ1) is 11.2. The van der Waals surface area contributed by atoms with Crippen LogP contribution in [0.1, 0.15) is 10.4 Å². The smallest absolute Gasteiger partial charge is 0.274 e. The standard InChI is InChI=1S/C10H11N5O2/c1-15(17-2)10(16)8-5-3-4-7(6-8)9-11-13-14-12-9/h3-6H,1-2H3,(H,11,12,13,14). The third kappa shape index (κ3) is 2.28. The number of benzene rings is 1. The minimum atomic E-state index is -0.238. The zero-order valence-electron chi connectivity index (χ0n) is 9.41. The van der Waals surface area contributed by atoms with Gasteiger partial charge in [0.15, 0.2) is 0 Å². The molecule has 0 aliphatic rings. The van der Waals surface area contributed by atoms with Crippen LogP contribution < -0.4 is 0 Å². The summed E-state index contributed by atoms with van der Waals surface area (Å²) in [6.07, 6.45) is 0. The molecule has 7 heteroatoms. The number of carbonyl (C=O) groups excluding carboxylic acids is 1. The highest BCUT2D eigenvalue weighted by atomic mass is 16.7. The molecule has 1 amide bonds. The molecule has 0 saturated heterocycles. The van der Waals surface area contributed by atoms with Gasteiger partial charge < -0.3 is 0 Å². The van der Waals surface area contributed by atoms with Gasteiger partial charge in [0.1, 0.15) is 0 Å². The molecule has 0 aliphatic heterocycles. The van der Waals surface area contributed by atoms with Crippen molar-refractivity contribution in [2.24, 2.45) is 0 Å². The minimum Gasteiger partial charge on any atom is -0.274 e. The maximum Gasteiger partial charge on any atom is 0.277 e. The lowest BCUT2D eigenvalue weighted by Crippen LogP contribution is -2.25. The third-order valence-corrected chi connectivity index (χ3v) is 2.27. The number of aromatic amines is 1. The van der Waals surface area contributed by atoms with Gasteiger partial charge in [0.25, 0.3) is 5.91 Å². The molecule has 1 N–H and O–H groups in total. The Kier molecular flexibility index (Phi) is 3.10. The Morgan fingerprint density at radius 2 is 2.29 bits per heavy atom. The molecule has 1 aromatic carbocycles. The summed E-state index contributed by atoms with van der Waals surface area (Å²) in [4.78, 5) is 16.7. The van der Waals surface area contributed by atoms with Crippen LogP contribution in [0, 0.1) is 0 Å². The van der Waals surface area contributed by atoms with Gasteiger partial charge >= 0.3 is 0 Å². The molecule has 0 unspecified atom stereocenters. The largest absolute Gasteiger partial charge is 0.277 e. The molecule has 0 fully saturated rings. The first-order valence-corrected chi connectivity index (χ1v) is 4.88. The highest BCUT2D eigenvalue weighted by Crippen LogP contribution is 2.15. The van der Waals surface area contributed by atoms with Crippen LogP contribution in [0.4, 0.5) is 0 Å². The lowest BCUT2D eigenvalue weighted by Gasteiger charge is -2.13. The first-order valence-electron chi connectivity index (χ1n) is 4.88. The fourth-order valence-corrected chi connectivity index (χ4v) is 1.34. The van der Waals surface area contributed by atoms with Crippen LogP contribution in [0.25, 0.3) is 11.4 Å². The monoisotopic (exact) mass is 233 g/mol. The number of carbonyl (C=O) groups is 1. The normalized spacial score (nSPS) is 10.2. The zero-order valence-corrected chi connectivity index (χ0v) is 9.41. The molecular weight excluding hydrogens is 222 g/mol. The van der Waals surface area contributed by atoms with Crippen LogP contribution in [0.5, 0.6) is 0 Å². The van der Waals surface area contributed by atoms with Crippen molar-refractivity contribution in [3.8, 4) is 11.4 Å². The Morgan fingerprint density at radius 1 is 1.47 bits per heavy atom. The van der Waals surface area contributed by atoms with Crippen molar-refractivity contribution < 1.29 is 9.63 Å². The summed E-state index contributed by atoms with van der Waals surface area (Å²) in [7, 11) is 2.98. The van der Waals surface area contributed by atoms with Crippen molar-refractivity contribution in [3.05, 3.63) is 29.8 Å². The average Bonchev–Trinajstić information content (AvgIpc) is 2.91. The van der Waals surface area contributed by atoms with E-state index < -0.39 is 0 Å². The van der Waals surface area contributed by atoms with Gasteiger partial charge in [-0.1, -0.05) is 12.1 Å². The number of hydrogen-bond acceptors (Lipinski definition) is 5. The number of H-pyrrole nitrogens is 1. The van der Waals surface area contributed by atoms with E-state index in [2.05, 4.69) is 20.6 Å². The van der Waals surface area contributed by atoms with Crippen molar-refractivity contribution in [2.45, 2.75) is 0 Å². The second-order valence-corrected chi connectivity index (χ2v) is 3.30. The van der Waals surface area contributed by atoms with E-state index >= 15 is 0 Å². The molecule has 2 rings (SSSR count). The third-order valence-electron chi connectivity index (χ3n) is 2.27. The summed E-state index contributed by atoms with van der Waals surface area (Å²) in [6, 6.07) is 6.93. The second-order valence-electron chi connectivity index (χ2n) is 3.30. The van der Waals surface area contributed by atoms with E-state index in [0.717, 1.165) is 5.06 Å².